The second-order valence-electron chi connectivity index (χ2n) is 5.47. The molecule has 1 atom stereocenters. The van der Waals surface area contributed by atoms with Gasteiger partial charge in [-0.15, -0.1) is 11.3 Å². The van der Waals surface area contributed by atoms with Gasteiger partial charge in [0.25, 0.3) is 0 Å². The standard InChI is InChI=1S/C13H18BrNO2S2/c14-13-8-10-11(2-1-3-12(10)18-13)15-9-4-6-19(16,17)7-5-9/h8-9,11,15H,1-7H2. The summed E-state index contributed by atoms with van der Waals surface area (Å²) in [5, 5.41) is 3.69. The van der Waals surface area contributed by atoms with E-state index in [0.717, 1.165) is 12.8 Å². The minimum atomic E-state index is -2.76. The molecule has 1 saturated heterocycles. The van der Waals surface area contributed by atoms with Gasteiger partial charge in [-0.05, 0) is 59.7 Å². The Morgan fingerprint density at radius 2 is 2.00 bits per heavy atom. The number of halogens is 1. The molecular weight excluding hydrogens is 346 g/mol. The molecule has 1 aromatic heterocycles. The molecule has 0 aromatic carbocycles. The van der Waals surface area contributed by atoms with Gasteiger partial charge >= 0.3 is 0 Å². The molecule has 0 amide bonds. The van der Waals surface area contributed by atoms with E-state index in [4.69, 9.17) is 0 Å². The van der Waals surface area contributed by atoms with Crippen LogP contribution in [0.25, 0.3) is 0 Å². The molecule has 1 aliphatic heterocycles. The maximum Gasteiger partial charge on any atom is 0.150 e. The second-order valence-corrected chi connectivity index (χ2v) is 10.3. The van der Waals surface area contributed by atoms with Crippen LogP contribution >= 0.6 is 27.3 Å². The van der Waals surface area contributed by atoms with E-state index in [0.29, 0.717) is 23.6 Å². The van der Waals surface area contributed by atoms with Crippen LogP contribution in [0.5, 0.6) is 0 Å². The molecule has 1 aliphatic carbocycles. The van der Waals surface area contributed by atoms with Crippen LogP contribution < -0.4 is 5.32 Å². The van der Waals surface area contributed by atoms with Crippen molar-refractivity contribution in [2.24, 2.45) is 0 Å². The fraction of sp³-hybridized carbons (Fsp3) is 0.692. The Morgan fingerprint density at radius 1 is 1.26 bits per heavy atom. The van der Waals surface area contributed by atoms with Crippen LogP contribution in [0, 0.1) is 0 Å². The highest BCUT2D eigenvalue weighted by molar-refractivity contribution is 9.11. The number of thiophene rings is 1. The Bertz CT molecular complexity index is 553. The van der Waals surface area contributed by atoms with Crippen molar-refractivity contribution in [3.05, 3.63) is 20.3 Å². The maximum atomic E-state index is 11.5. The zero-order valence-electron chi connectivity index (χ0n) is 10.7. The molecule has 3 nitrogen and oxygen atoms in total. The Labute approximate surface area is 126 Å². The molecule has 2 heterocycles. The first-order chi connectivity index (χ1) is 9.03. The number of fused-ring (bicyclic) bond motifs is 1. The number of hydrogen-bond donors (Lipinski definition) is 1. The van der Waals surface area contributed by atoms with Crippen molar-refractivity contribution in [3.63, 3.8) is 0 Å². The smallest absolute Gasteiger partial charge is 0.150 e. The normalized spacial score (nSPS) is 27.1. The Balaban J connectivity index is 1.68. The van der Waals surface area contributed by atoms with Crippen LogP contribution in [0.4, 0.5) is 0 Å². The van der Waals surface area contributed by atoms with Crippen LogP contribution in [-0.2, 0) is 16.3 Å². The third-order valence-corrected chi connectivity index (χ3v) is 7.50. The van der Waals surface area contributed by atoms with Crippen LogP contribution in [0.15, 0.2) is 9.85 Å². The molecule has 2 aliphatic rings. The van der Waals surface area contributed by atoms with Gasteiger partial charge < -0.3 is 5.32 Å². The first kappa shape index (κ1) is 14.0. The Hall–Kier alpha value is 0.0900. The van der Waals surface area contributed by atoms with Crippen molar-refractivity contribution in [1.29, 1.82) is 0 Å². The van der Waals surface area contributed by atoms with Gasteiger partial charge in [-0.2, -0.15) is 0 Å². The van der Waals surface area contributed by atoms with Crippen molar-refractivity contribution >= 4 is 37.1 Å². The van der Waals surface area contributed by atoms with Gasteiger partial charge in [0.05, 0.1) is 15.3 Å². The van der Waals surface area contributed by atoms with Gasteiger partial charge in [0.1, 0.15) is 9.84 Å². The van der Waals surface area contributed by atoms with Crippen LogP contribution in [-0.4, -0.2) is 26.0 Å². The molecule has 1 unspecified atom stereocenters. The van der Waals surface area contributed by atoms with E-state index < -0.39 is 9.84 Å². The molecule has 1 fully saturated rings. The number of aryl methyl sites for hydroxylation is 1. The molecule has 0 bridgehead atoms. The summed E-state index contributed by atoms with van der Waals surface area (Å²) in [4.78, 5) is 1.49. The number of nitrogens with one attached hydrogen (secondary N) is 1. The van der Waals surface area contributed by atoms with E-state index in [9.17, 15) is 8.42 Å². The fourth-order valence-corrected chi connectivity index (χ4v) is 6.35. The minimum Gasteiger partial charge on any atom is -0.307 e. The Kier molecular flexibility index (Phi) is 4.04. The quantitative estimate of drug-likeness (QED) is 0.877. The van der Waals surface area contributed by atoms with Gasteiger partial charge in [-0.3, -0.25) is 0 Å². The van der Waals surface area contributed by atoms with Gasteiger partial charge in [0, 0.05) is 17.0 Å². The molecule has 1 aromatic rings. The summed E-state index contributed by atoms with van der Waals surface area (Å²) >= 11 is 5.41. The molecule has 106 valence electrons. The van der Waals surface area contributed by atoms with Crippen molar-refractivity contribution in [2.45, 2.75) is 44.2 Å². The summed E-state index contributed by atoms with van der Waals surface area (Å²) in [5.74, 6) is 0.690. The first-order valence-corrected chi connectivity index (χ1v) is 10.2. The van der Waals surface area contributed by atoms with E-state index in [1.54, 1.807) is 0 Å². The summed E-state index contributed by atoms with van der Waals surface area (Å²) < 4.78 is 24.1. The van der Waals surface area contributed by atoms with Crippen molar-refractivity contribution < 1.29 is 8.42 Å². The Morgan fingerprint density at radius 3 is 2.74 bits per heavy atom. The third kappa shape index (κ3) is 3.23. The SMILES string of the molecule is O=S1(=O)CCC(NC2CCCc3sc(Br)cc32)CC1. The fourth-order valence-electron chi connectivity index (χ4n) is 3.04. The highest BCUT2D eigenvalue weighted by atomic mass is 79.9. The molecule has 0 saturated carbocycles. The van der Waals surface area contributed by atoms with E-state index >= 15 is 0 Å². The average Bonchev–Trinajstić information content (AvgIpc) is 2.73. The van der Waals surface area contributed by atoms with E-state index in [2.05, 4.69) is 27.3 Å². The van der Waals surface area contributed by atoms with Crippen LogP contribution in [0.1, 0.15) is 42.2 Å². The van der Waals surface area contributed by atoms with Gasteiger partial charge in [-0.25, -0.2) is 8.42 Å². The predicted molar refractivity (Wildman–Crippen MR) is 82.5 cm³/mol. The predicted octanol–water partition coefficient (Wildman–Crippen LogP) is 3.05. The lowest BCUT2D eigenvalue weighted by Crippen LogP contribution is -2.40. The van der Waals surface area contributed by atoms with Crippen molar-refractivity contribution in [1.82, 2.24) is 5.32 Å². The zero-order chi connectivity index (χ0) is 13.5. The lowest BCUT2D eigenvalue weighted by atomic mass is 9.93. The third-order valence-electron chi connectivity index (χ3n) is 4.08. The summed E-state index contributed by atoms with van der Waals surface area (Å²) in [7, 11) is -2.76. The summed E-state index contributed by atoms with van der Waals surface area (Å²) in [6.45, 7) is 0. The molecule has 1 N–H and O–H groups in total. The minimum absolute atomic E-state index is 0.345. The number of rotatable bonds is 2. The van der Waals surface area contributed by atoms with Gasteiger partial charge in [-0.1, -0.05) is 0 Å². The second kappa shape index (κ2) is 5.47. The number of sulfone groups is 1. The monoisotopic (exact) mass is 363 g/mol. The molecule has 19 heavy (non-hydrogen) atoms. The average molecular weight is 364 g/mol. The molecule has 6 heteroatoms. The lowest BCUT2D eigenvalue weighted by molar-refractivity contribution is 0.375. The van der Waals surface area contributed by atoms with Crippen LogP contribution in [0.2, 0.25) is 0 Å². The first-order valence-electron chi connectivity index (χ1n) is 6.78. The summed E-state index contributed by atoms with van der Waals surface area (Å²) in [6, 6.07) is 3.01. The highest BCUT2D eigenvalue weighted by Gasteiger charge is 2.28. The topological polar surface area (TPSA) is 46.2 Å². The van der Waals surface area contributed by atoms with Crippen molar-refractivity contribution in [3.8, 4) is 0 Å². The maximum absolute atomic E-state index is 11.5. The van der Waals surface area contributed by atoms with Gasteiger partial charge in [0.2, 0.25) is 0 Å². The van der Waals surface area contributed by atoms with Crippen LogP contribution in [0.3, 0.4) is 0 Å². The highest BCUT2D eigenvalue weighted by Crippen LogP contribution is 2.38. The number of hydrogen-bond acceptors (Lipinski definition) is 4. The van der Waals surface area contributed by atoms with E-state index in [1.807, 2.05) is 11.3 Å². The van der Waals surface area contributed by atoms with Gasteiger partial charge in [0.15, 0.2) is 0 Å². The molecular formula is C13H18BrNO2S2. The zero-order valence-corrected chi connectivity index (χ0v) is 13.9. The van der Waals surface area contributed by atoms with E-state index in [-0.39, 0.29) is 0 Å². The summed E-state index contributed by atoms with van der Waals surface area (Å²) in [5.41, 5.74) is 1.43. The lowest BCUT2D eigenvalue weighted by Gasteiger charge is -2.31. The molecule has 3 rings (SSSR count). The largest absolute Gasteiger partial charge is 0.307 e. The molecule has 0 spiro atoms. The molecule has 0 radical (unpaired) electrons. The summed E-state index contributed by atoms with van der Waals surface area (Å²) in [6.07, 6.45) is 5.10. The van der Waals surface area contributed by atoms with Crippen molar-refractivity contribution in [2.75, 3.05) is 11.5 Å². The van der Waals surface area contributed by atoms with E-state index in [1.165, 1.54) is 33.5 Å².